The van der Waals surface area contributed by atoms with Crippen molar-refractivity contribution in [1.29, 1.82) is 0 Å². The van der Waals surface area contributed by atoms with Crippen LogP contribution in [-0.2, 0) is 28.6 Å². The lowest BCUT2D eigenvalue weighted by molar-refractivity contribution is -0.167. The van der Waals surface area contributed by atoms with Crippen LogP contribution in [0.25, 0.3) is 0 Å². The summed E-state index contributed by atoms with van der Waals surface area (Å²) < 4.78 is 16.8. The SMILES string of the molecule is CCCCCCCCCCCCCCCCCC(=O)O[C@@H](COC(=O)CCCCCCCCCCCCCCCC(C)C)COC(=O)CCCCCCCCCCC(C)CC. The summed E-state index contributed by atoms with van der Waals surface area (Å²) in [7, 11) is 0. The Hall–Kier alpha value is -1.59. The summed E-state index contributed by atoms with van der Waals surface area (Å²) in [6.45, 7) is 11.4. The van der Waals surface area contributed by atoms with E-state index in [0.717, 1.165) is 69.6 Å². The Labute approximate surface area is 380 Å². The van der Waals surface area contributed by atoms with Crippen LogP contribution in [0.1, 0.15) is 304 Å². The van der Waals surface area contributed by atoms with Crippen molar-refractivity contribution in [2.45, 2.75) is 310 Å². The van der Waals surface area contributed by atoms with Gasteiger partial charge >= 0.3 is 17.9 Å². The molecule has 2 atom stereocenters. The van der Waals surface area contributed by atoms with Gasteiger partial charge in [0.2, 0.25) is 0 Å². The fourth-order valence-electron chi connectivity index (χ4n) is 8.31. The van der Waals surface area contributed by atoms with E-state index < -0.39 is 6.10 Å². The third-order valence-electron chi connectivity index (χ3n) is 12.8. The van der Waals surface area contributed by atoms with Gasteiger partial charge in [-0.15, -0.1) is 0 Å². The van der Waals surface area contributed by atoms with Gasteiger partial charge in [0.05, 0.1) is 0 Å². The summed E-state index contributed by atoms with van der Waals surface area (Å²) >= 11 is 0. The molecule has 61 heavy (non-hydrogen) atoms. The molecule has 0 aromatic carbocycles. The Morgan fingerprint density at radius 3 is 0.934 bits per heavy atom. The number of carbonyl (C=O) groups is 3. The molecule has 362 valence electrons. The molecule has 0 aromatic rings. The van der Waals surface area contributed by atoms with E-state index in [9.17, 15) is 14.4 Å². The highest BCUT2D eigenvalue weighted by atomic mass is 16.6. The Balaban J connectivity index is 4.31. The van der Waals surface area contributed by atoms with Gasteiger partial charge in [-0.3, -0.25) is 14.4 Å². The zero-order valence-corrected chi connectivity index (χ0v) is 41.8. The molecule has 0 bridgehead atoms. The second-order valence-corrected chi connectivity index (χ2v) is 19.6. The van der Waals surface area contributed by atoms with Crippen LogP contribution in [0.2, 0.25) is 0 Å². The first-order chi connectivity index (χ1) is 29.8. The second-order valence-electron chi connectivity index (χ2n) is 19.6. The summed E-state index contributed by atoms with van der Waals surface area (Å²) in [6, 6.07) is 0. The molecule has 0 aliphatic heterocycles. The molecule has 0 radical (unpaired) electrons. The summed E-state index contributed by atoms with van der Waals surface area (Å²) in [5, 5.41) is 0. The third-order valence-corrected chi connectivity index (χ3v) is 12.8. The molecular weight excluding hydrogens is 757 g/mol. The average Bonchev–Trinajstić information content (AvgIpc) is 3.24. The first-order valence-corrected chi connectivity index (χ1v) is 27.3. The minimum Gasteiger partial charge on any atom is -0.462 e. The first kappa shape index (κ1) is 59.4. The van der Waals surface area contributed by atoms with Crippen molar-refractivity contribution in [2.75, 3.05) is 13.2 Å². The summed E-state index contributed by atoms with van der Waals surface area (Å²) in [5.74, 6) is 0.843. The number of ether oxygens (including phenoxy) is 3. The maximum absolute atomic E-state index is 12.8. The number of hydrogen-bond acceptors (Lipinski definition) is 6. The standard InChI is InChI=1S/C55H106O6/c1-6-8-9-10-11-12-13-14-15-18-22-25-32-37-42-47-55(58)61-52(49-60-54(57)46-41-36-31-27-26-29-34-39-44-51(5)7-2)48-59-53(56)45-40-35-30-24-21-19-16-17-20-23-28-33-38-43-50(3)4/h50-52H,6-49H2,1-5H3/t51?,52-/m0/s1. The predicted molar refractivity (Wildman–Crippen MR) is 261 cm³/mol. The van der Waals surface area contributed by atoms with Crippen LogP contribution in [0.4, 0.5) is 0 Å². The lowest BCUT2D eigenvalue weighted by atomic mass is 9.99. The molecule has 0 amide bonds. The van der Waals surface area contributed by atoms with Gasteiger partial charge in [0.25, 0.3) is 0 Å². The molecule has 1 unspecified atom stereocenters. The van der Waals surface area contributed by atoms with Crippen LogP contribution < -0.4 is 0 Å². The maximum atomic E-state index is 12.8. The maximum Gasteiger partial charge on any atom is 0.306 e. The molecule has 0 spiro atoms. The Morgan fingerprint density at radius 1 is 0.344 bits per heavy atom. The van der Waals surface area contributed by atoms with E-state index in [1.165, 1.54) is 193 Å². The largest absolute Gasteiger partial charge is 0.462 e. The Kier molecular flexibility index (Phi) is 46.6. The molecule has 0 rings (SSSR count). The van der Waals surface area contributed by atoms with E-state index in [1.54, 1.807) is 0 Å². The van der Waals surface area contributed by atoms with Gasteiger partial charge in [-0.25, -0.2) is 0 Å². The van der Waals surface area contributed by atoms with Crippen molar-refractivity contribution < 1.29 is 28.6 Å². The minimum atomic E-state index is -0.762. The molecule has 0 heterocycles. The quantitative estimate of drug-likeness (QED) is 0.0344. The van der Waals surface area contributed by atoms with Gasteiger partial charge in [-0.05, 0) is 31.1 Å². The lowest BCUT2D eigenvalue weighted by Gasteiger charge is -2.18. The smallest absolute Gasteiger partial charge is 0.306 e. The van der Waals surface area contributed by atoms with Gasteiger partial charge in [-0.1, -0.05) is 266 Å². The molecule has 0 aliphatic rings. The van der Waals surface area contributed by atoms with E-state index in [1.807, 2.05) is 0 Å². The van der Waals surface area contributed by atoms with Crippen LogP contribution in [0.3, 0.4) is 0 Å². The number of esters is 3. The number of hydrogen-bond donors (Lipinski definition) is 0. The third kappa shape index (κ3) is 47.7. The van der Waals surface area contributed by atoms with Crippen LogP contribution in [-0.4, -0.2) is 37.2 Å². The Morgan fingerprint density at radius 2 is 0.623 bits per heavy atom. The fraction of sp³-hybridized carbons (Fsp3) is 0.945. The van der Waals surface area contributed by atoms with Crippen molar-refractivity contribution in [2.24, 2.45) is 11.8 Å². The van der Waals surface area contributed by atoms with E-state index in [0.29, 0.717) is 19.3 Å². The van der Waals surface area contributed by atoms with Crippen LogP contribution in [0.5, 0.6) is 0 Å². The van der Waals surface area contributed by atoms with Gasteiger partial charge in [-0.2, -0.15) is 0 Å². The normalized spacial score (nSPS) is 12.5. The first-order valence-electron chi connectivity index (χ1n) is 27.3. The monoisotopic (exact) mass is 863 g/mol. The van der Waals surface area contributed by atoms with Gasteiger partial charge in [0.15, 0.2) is 6.10 Å². The van der Waals surface area contributed by atoms with Crippen molar-refractivity contribution in [3.8, 4) is 0 Å². The van der Waals surface area contributed by atoms with Crippen LogP contribution in [0.15, 0.2) is 0 Å². The predicted octanol–water partition coefficient (Wildman–Crippen LogP) is 17.7. The molecular formula is C55H106O6. The Bertz CT molecular complexity index is 933. The molecule has 6 heteroatoms. The van der Waals surface area contributed by atoms with Crippen molar-refractivity contribution in [3.05, 3.63) is 0 Å². The highest BCUT2D eigenvalue weighted by Crippen LogP contribution is 2.18. The average molecular weight is 863 g/mol. The van der Waals surface area contributed by atoms with E-state index >= 15 is 0 Å². The highest BCUT2D eigenvalue weighted by Gasteiger charge is 2.19. The summed E-state index contributed by atoms with van der Waals surface area (Å²) in [6.07, 6.45) is 49.4. The van der Waals surface area contributed by atoms with Crippen molar-refractivity contribution in [1.82, 2.24) is 0 Å². The zero-order chi connectivity index (χ0) is 44.7. The molecule has 0 saturated heterocycles. The second kappa shape index (κ2) is 47.9. The van der Waals surface area contributed by atoms with Gasteiger partial charge in [0, 0.05) is 19.3 Å². The minimum absolute atomic E-state index is 0.0635. The highest BCUT2D eigenvalue weighted by molar-refractivity contribution is 5.71. The molecule has 0 aromatic heterocycles. The molecule has 0 N–H and O–H groups in total. The zero-order valence-electron chi connectivity index (χ0n) is 41.8. The summed E-state index contributed by atoms with van der Waals surface area (Å²) in [4.78, 5) is 38.0. The van der Waals surface area contributed by atoms with Gasteiger partial charge in [0.1, 0.15) is 13.2 Å². The van der Waals surface area contributed by atoms with E-state index in [2.05, 4.69) is 34.6 Å². The summed E-state index contributed by atoms with van der Waals surface area (Å²) in [5.41, 5.74) is 0. The van der Waals surface area contributed by atoms with E-state index in [-0.39, 0.29) is 31.1 Å². The van der Waals surface area contributed by atoms with Gasteiger partial charge < -0.3 is 14.2 Å². The fourth-order valence-corrected chi connectivity index (χ4v) is 8.31. The molecule has 0 fully saturated rings. The van der Waals surface area contributed by atoms with Crippen LogP contribution >= 0.6 is 0 Å². The number of rotatable bonds is 49. The van der Waals surface area contributed by atoms with Crippen molar-refractivity contribution in [3.63, 3.8) is 0 Å². The topological polar surface area (TPSA) is 78.9 Å². The molecule has 6 nitrogen and oxygen atoms in total. The van der Waals surface area contributed by atoms with E-state index in [4.69, 9.17) is 14.2 Å². The number of carbonyl (C=O) groups excluding carboxylic acids is 3. The lowest BCUT2D eigenvalue weighted by Crippen LogP contribution is -2.30. The molecule has 0 aliphatic carbocycles. The number of unbranched alkanes of at least 4 members (excludes halogenated alkanes) is 33. The molecule has 0 saturated carbocycles. The van der Waals surface area contributed by atoms with Crippen LogP contribution in [0, 0.1) is 11.8 Å². The van der Waals surface area contributed by atoms with Crippen molar-refractivity contribution >= 4 is 17.9 Å².